The molecular weight excluding hydrogens is 252 g/mol. The normalized spacial score (nSPS) is 11.8. The zero-order valence-electron chi connectivity index (χ0n) is 12.8. The number of rotatable bonds is 6. The van der Waals surface area contributed by atoms with Crippen LogP contribution in [0.1, 0.15) is 42.6 Å². The first kappa shape index (κ1) is 16.2. The summed E-state index contributed by atoms with van der Waals surface area (Å²) < 4.78 is 0. The molecule has 4 nitrogen and oxygen atoms in total. The molecule has 0 fully saturated rings. The maximum Gasteiger partial charge on any atom is 0.253 e. The van der Waals surface area contributed by atoms with Gasteiger partial charge in [0, 0.05) is 32.1 Å². The second-order valence-corrected chi connectivity index (χ2v) is 5.30. The molecule has 0 heterocycles. The Morgan fingerprint density at radius 2 is 1.80 bits per heavy atom. The van der Waals surface area contributed by atoms with Crippen molar-refractivity contribution in [3.05, 3.63) is 35.4 Å². The van der Waals surface area contributed by atoms with Gasteiger partial charge in [0.2, 0.25) is 5.91 Å². The Morgan fingerprint density at radius 1 is 1.20 bits per heavy atom. The fraction of sp³-hybridized carbons (Fsp3) is 0.500. The fourth-order valence-electron chi connectivity index (χ4n) is 1.95. The van der Waals surface area contributed by atoms with Crippen LogP contribution < -0.4 is 5.32 Å². The first-order valence-electron chi connectivity index (χ1n) is 7.04. The summed E-state index contributed by atoms with van der Waals surface area (Å²) in [6.45, 7) is 4.52. The Hall–Kier alpha value is -1.84. The summed E-state index contributed by atoms with van der Waals surface area (Å²) in [7, 11) is 3.46. The molecule has 0 saturated heterocycles. The number of nitrogens with one attached hydrogen (secondary N) is 1. The van der Waals surface area contributed by atoms with Crippen molar-refractivity contribution in [2.75, 3.05) is 14.1 Å². The van der Waals surface area contributed by atoms with Crippen molar-refractivity contribution in [2.45, 2.75) is 33.2 Å². The Balaban J connectivity index is 2.54. The minimum Gasteiger partial charge on any atom is -0.352 e. The topological polar surface area (TPSA) is 49.4 Å². The minimum absolute atomic E-state index is 0.0165. The van der Waals surface area contributed by atoms with Crippen LogP contribution in [0.2, 0.25) is 0 Å². The largest absolute Gasteiger partial charge is 0.352 e. The predicted molar refractivity (Wildman–Crippen MR) is 80.4 cm³/mol. The summed E-state index contributed by atoms with van der Waals surface area (Å²) >= 11 is 0. The highest BCUT2D eigenvalue weighted by Crippen LogP contribution is 2.08. The number of benzene rings is 1. The average molecular weight is 276 g/mol. The highest BCUT2D eigenvalue weighted by molar-refractivity contribution is 5.93. The molecule has 0 aliphatic carbocycles. The maximum atomic E-state index is 11.8. The van der Waals surface area contributed by atoms with Gasteiger partial charge >= 0.3 is 0 Å². The number of carbonyl (C=O) groups is 2. The smallest absolute Gasteiger partial charge is 0.253 e. The van der Waals surface area contributed by atoms with Crippen LogP contribution in [-0.2, 0) is 11.3 Å². The lowest BCUT2D eigenvalue weighted by atomic mass is 10.1. The van der Waals surface area contributed by atoms with Crippen LogP contribution in [0.25, 0.3) is 0 Å². The Kier molecular flexibility index (Phi) is 6.22. The van der Waals surface area contributed by atoms with Gasteiger partial charge in [-0.15, -0.1) is 0 Å². The van der Waals surface area contributed by atoms with Gasteiger partial charge in [-0.1, -0.05) is 32.4 Å². The highest BCUT2D eigenvalue weighted by Gasteiger charge is 2.11. The predicted octanol–water partition coefficient (Wildman–Crippen LogP) is 2.44. The van der Waals surface area contributed by atoms with Gasteiger partial charge in [0.15, 0.2) is 0 Å². The molecule has 110 valence electrons. The molecule has 0 radical (unpaired) electrons. The molecule has 1 N–H and O–H groups in total. The lowest BCUT2D eigenvalue weighted by Gasteiger charge is -2.12. The molecule has 0 bridgehead atoms. The molecule has 1 atom stereocenters. The minimum atomic E-state index is -0.0165. The second kappa shape index (κ2) is 7.68. The summed E-state index contributed by atoms with van der Waals surface area (Å²) in [5.41, 5.74) is 1.65. The summed E-state index contributed by atoms with van der Waals surface area (Å²) in [6, 6.07) is 7.33. The average Bonchev–Trinajstić information content (AvgIpc) is 2.44. The van der Waals surface area contributed by atoms with E-state index < -0.39 is 0 Å². The van der Waals surface area contributed by atoms with Crippen molar-refractivity contribution in [1.29, 1.82) is 0 Å². The van der Waals surface area contributed by atoms with Gasteiger partial charge in [0.1, 0.15) is 0 Å². The van der Waals surface area contributed by atoms with E-state index in [1.165, 1.54) is 0 Å². The van der Waals surface area contributed by atoms with E-state index in [2.05, 4.69) is 12.2 Å². The lowest BCUT2D eigenvalue weighted by Crippen LogP contribution is -2.28. The van der Waals surface area contributed by atoms with Crippen molar-refractivity contribution in [1.82, 2.24) is 10.2 Å². The molecule has 1 unspecified atom stereocenters. The third kappa shape index (κ3) is 4.68. The van der Waals surface area contributed by atoms with Crippen molar-refractivity contribution in [3.8, 4) is 0 Å². The Morgan fingerprint density at radius 3 is 2.30 bits per heavy atom. The van der Waals surface area contributed by atoms with Gasteiger partial charge in [-0.3, -0.25) is 9.59 Å². The van der Waals surface area contributed by atoms with Gasteiger partial charge < -0.3 is 10.2 Å². The second-order valence-electron chi connectivity index (χ2n) is 5.30. The summed E-state index contributed by atoms with van der Waals surface area (Å²) in [5.74, 6) is 0.118. The molecule has 1 rings (SSSR count). The van der Waals surface area contributed by atoms with Crippen molar-refractivity contribution >= 4 is 11.8 Å². The van der Waals surface area contributed by atoms with Crippen LogP contribution in [0.15, 0.2) is 24.3 Å². The van der Waals surface area contributed by atoms with Crippen LogP contribution in [0.3, 0.4) is 0 Å². The zero-order valence-corrected chi connectivity index (χ0v) is 12.8. The quantitative estimate of drug-likeness (QED) is 0.867. The highest BCUT2D eigenvalue weighted by atomic mass is 16.2. The molecule has 0 aliphatic rings. The molecule has 20 heavy (non-hydrogen) atoms. The number of nitrogens with zero attached hydrogens (tertiary/aromatic N) is 1. The zero-order chi connectivity index (χ0) is 15.1. The van der Waals surface area contributed by atoms with E-state index >= 15 is 0 Å². The van der Waals surface area contributed by atoms with Gasteiger partial charge in [0.25, 0.3) is 5.91 Å². The molecule has 0 saturated carbocycles. The number of hydrogen-bond donors (Lipinski definition) is 1. The molecular formula is C16H24N2O2. The molecule has 0 aromatic heterocycles. The third-order valence-corrected chi connectivity index (χ3v) is 3.24. The van der Waals surface area contributed by atoms with Gasteiger partial charge in [-0.2, -0.15) is 0 Å². The van der Waals surface area contributed by atoms with E-state index in [-0.39, 0.29) is 17.7 Å². The number of carbonyl (C=O) groups excluding carboxylic acids is 2. The first-order chi connectivity index (χ1) is 9.45. The third-order valence-electron chi connectivity index (χ3n) is 3.24. The Labute approximate surface area is 121 Å². The monoisotopic (exact) mass is 276 g/mol. The standard InChI is InChI=1S/C16H24N2O2/c1-5-6-12(2)15(19)17-11-13-7-9-14(10-8-13)16(20)18(3)4/h7-10,12H,5-6,11H2,1-4H3,(H,17,19). The van der Waals surface area contributed by atoms with Crippen LogP contribution >= 0.6 is 0 Å². The Bertz CT molecular complexity index is 452. The summed E-state index contributed by atoms with van der Waals surface area (Å²) in [4.78, 5) is 25.1. The van der Waals surface area contributed by atoms with E-state index in [1.54, 1.807) is 31.1 Å². The van der Waals surface area contributed by atoms with Crippen molar-refractivity contribution in [3.63, 3.8) is 0 Å². The number of hydrogen-bond acceptors (Lipinski definition) is 2. The van der Waals surface area contributed by atoms with E-state index in [1.807, 2.05) is 19.1 Å². The van der Waals surface area contributed by atoms with Crippen LogP contribution in [0.5, 0.6) is 0 Å². The van der Waals surface area contributed by atoms with Crippen molar-refractivity contribution in [2.24, 2.45) is 5.92 Å². The van der Waals surface area contributed by atoms with Gasteiger partial charge in [0.05, 0.1) is 0 Å². The molecule has 4 heteroatoms. The maximum absolute atomic E-state index is 11.8. The van der Waals surface area contributed by atoms with Crippen molar-refractivity contribution < 1.29 is 9.59 Å². The SMILES string of the molecule is CCCC(C)C(=O)NCc1ccc(C(=O)N(C)C)cc1. The van der Waals surface area contributed by atoms with E-state index in [0.29, 0.717) is 12.1 Å². The van der Waals surface area contributed by atoms with Crippen LogP contribution in [0.4, 0.5) is 0 Å². The molecule has 0 aliphatic heterocycles. The molecule has 1 aromatic carbocycles. The van der Waals surface area contributed by atoms with Crippen LogP contribution in [0, 0.1) is 5.92 Å². The van der Waals surface area contributed by atoms with E-state index in [0.717, 1.165) is 18.4 Å². The van der Waals surface area contributed by atoms with E-state index in [4.69, 9.17) is 0 Å². The lowest BCUT2D eigenvalue weighted by molar-refractivity contribution is -0.124. The van der Waals surface area contributed by atoms with Gasteiger partial charge in [-0.25, -0.2) is 0 Å². The van der Waals surface area contributed by atoms with Crippen LogP contribution in [-0.4, -0.2) is 30.8 Å². The molecule has 2 amide bonds. The fourth-order valence-corrected chi connectivity index (χ4v) is 1.95. The van der Waals surface area contributed by atoms with E-state index in [9.17, 15) is 9.59 Å². The summed E-state index contributed by atoms with van der Waals surface area (Å²) in [5, 5.41) is 2.92. The molecule has 0 spiro atoms. The summed E-state index contributed by atoms with van der Waals surface area (Å²) in [6.07, 6.45) is 1.91. The molecule has 1 aromatic rings. The first-order valence-corrected chi connectivity index (χ1v) is 7.04. The number of amides is 2. The van der Waals surface area contributed by atoms with Gasteiger partial charge in [-0.05, 0) is 24.1 Å².